The summed E-state index contributed by atoms with van der Waals surface area (Å²) in [5, 5.41) is 9.51. The van der Waals surface area contributed by atoms with Crippen LogP contribution < -0.4 is 0 Å². The van der Waals surface area contributed by atoms with Crippen LogP contribution in [0.3, 0.4) is 0 Å². The predicted molar refractivity (Wildman–Crippen MR) is 95.5 cm³/mol. The third-order valence-corrected chi connectivity index (χ3v) is 5.76. The van der Waals surface area contributed by atoms with Crippen molar-refractivity contribution >= 4 is 21.7 Å². The number of aliphatic carboxylic acids is 1. The lowest BCUT2D eigenvalue weighted by Crippen LogP contribution is -2.41. The number of carbonyl (C=O) groups is 2. The van der Waals surface area contributed by atoms with Crippen LogP contribution in [0.4, 0.5) is 0 Å². The molecule has 0 fully saturated rings. The first-order valence-corrected chi connectivity index (χ1v) is 10.0. The van der Waals surface area contributed by atoms with Crippen LogP contribution in [0.2, 0.25) is 0 Å². The van der Waals surface area contributed by atoms with Gasteiger partial charge in [0.1, 0.15) is 0 Å². The van der Waals surface area contributed by atoms with Crippen molar-refractivity contribution in [3.63, 3.8) is 0 Å². The van der Waals surface area contributed by atoms with E-state index < -0.39 is 21.7 Å². The number of amides is 1. The van der Waals surface area contributed by atoms with E-state index in [1.807, 2.05) is 12.1 Å². The van der Waals surface area contributed by atoms with Crippen molar-refractivity contribution in [1.82, 2.24) is 4.90 Å². The second-order valence-corrected chi connectivity index (χ2v) is 8.40. The number of fused-ring (bicyclic) bond motifs is 1. The monoisotopic (exact) mass is 373 g/mol. The third kappa shape index (κ3) is 3.62. The Morgan fingerprint density at radius 2 is 1.77 bits per heavy atom. The molecule has 3 rings (SSSR count). The minimum atomic E-state index is -3.45. The van der Waals surface area contributed by atoms with Gasteiger partial charge in [0.05, 0.1) is 17.2 Å². The molecule has 2 aromatic carbocycles. The molecule has 2 aromatic rings. The molecule has 0 saturated carbocycles. The van der Waals surface area contributed by atoms with E-state index in [0.717, 1.165) is 17.4 Å². The SMILES string of the molecule is CS(=O)(=O)c1ccccc1CC(=O)N1Cc2ccccc2C(C(=O)O)C1. The Hall–Kier alpha value is -2.67. The lowest BCUT2D eigenvalue weighted by Gasteiger charge is -2.33. The van der Waals surface area contributed by atoms with E-state index in [1.54, 1.807) is 30.3 Å². The summed E-state index contributed by atoms with van der Waals surface area (Å²) in [7, 11) is -3.45. The van der Waals surface area contributed by atoms with Gasteiger partial charge >= 0.3 is 5.97 Å². The number of hydrogen-bond donors (Lipinski definition) is 1. The number of benzene rings is 2. The number of carboxylic acids is 1. The fraction of sp³-hybridized carbons (Fsp3) is 0.263. The van der Waals surface area contributed by atoms with Gasteiger partial charge in [-0.15, -0.1) is 0 Å². The van der Waals surface area contributed by atoms with E-state index in [-0.39, 0.29) is 23.8 Å². The van der Waals surface area contributed by atoms with E-state index in [1.165, 1.54) is 11.0 Å². The minimum Gasteiger partial charge on any atom is -0.481 e. The molecule has 1 atom stereocenters. The van der Waals surface area contributed by atoms with E-state index in [9.17, 15) is 23.1 Å². The molecule has 136 valence electrons. The number of hydrogen-bond acceptors (Lipinski definition) is 4. The van der Waals surface area contributed by atoms with E-state index in [4.69, 9.17) is 0 Å². The number of carboxylic acid groups (broad SMARTS) is 1. The number of carbonyl (C=O) groups excluding carboxylic acids is 1. The summed E-state index contributed by atoms with van der Waals surface area (Å²) < 4.78 is 23.8. The van der Waals surface area contributed by atoms with Crippen molar-refractivity contribution in [2.75, 3.05) is 12.8 Å². The molecular weight excluding hydrogens is 354 g/mol. The molecule has 0 aliphatic carbocycles. The molecule has 1 aliphatic rings. The molecule has 1 aliphatic heterocycles. The summed E-state index contributed by atoms with van der Waals surface area (Å²) in [5.41, 5.74) is 1.95. The molecule has 1 heterocycles. The molecular formula is C19H19NO5S. The summed E-state index contributed by atoms with van der Waals surface area (Å²) in [6, 6.07) is 13.6. The van der Waals surface area contributed by atoms with Crippen LogP contribution >= 0.6 is 0 Å². The quantitative estimate of drug-likeness (QED) is 0.883. The maximum Gasteiger partial charge on any atom is 0.312 e. The first-order valence-electron chi connectivity index (χ1n) is 8.13. The van der Waals surface area contributed by atoms with Crippen LogP contribution in [0, 0.1) is 0 Å². The van der Waals surface area contributed by atoms with Gasteiger partial charge in [-0.1, -0.05) is 42.5 Å². The zero-order chi connectivity index (χ0) is 18.9. The van der Waals surface area contributed by atoms with Crippen LogP contribution in [0.25, 0.3) is 0 Å². The second-order valence-electron chi connectivity index (χ2n) is 6.42. The molecule has 1 N–H and O–H groups in total. The highest BCUT2D eigenvalue weighted by Crippen LogP contribution is 2.29. The van der Waals surface area contributed by atoms with Crippen molar-refractivity contribution in [3.05, 3.63) is 65.2 Å². The predicted octanol–water partition coefficient (Wildman–Crippen LogP) is 1.84. The van der Waals surface area contributed by atoms with Gasteiger partial charge in [-0.25, -0.2) is 8.42 Å². The molecule has 7 heteroatoms. The van der Waals surface area contributed by atoms with Crippen LogP contribution in [0.5, 0.6) is 0 Å². The molecule has 1 unspecified atom stereocenters. The smallest absolute Gasteiger partial charge is 0.312 e. The molecule has 6 nitrogen and oxygen atoms in total. The van der Waals surface area contributed by atoms with Gasteiger partial charge in [0, 0.05) is 19.3 Å². The van der Waals surface area contributed by atoms with Crippen molar-refractivity contribution in [3.8, 4) is 0 Å². The van der Waals surface area contributed by atoms with E-state index in [0.29, 0.717) is 12.1 Å². The zero-order valence-electron chi connectivity index (χ0n) is 14.3. The zero-order valence-corrected chi connectivity index (χ0v) is 15.1. The van der Waals surface area contributed by atoms with Gasteiger partial charge in [0.15, 0.2) is 9.84 Å². The largest absolute Gasteiger partial charge is 0.481 e. The molecule has 26 heavy (non-hydrogen) atoms. The molecule has 0 radical (unpaired) electrons. The molecule has 1 amide bonds. The molecule has 0 spiro atoms. The van der Waals surface area contributed by atoms with Crippen molar-refractivity contribution < 1.29 is 23.1 Å². The Morgan fingerprint density at radius 3 is 2.46 bits per heavy atom. The summed E-state index contributed by atoms with van der Waals surface area (Å²) in [6.07, 6.45) is 1.02. The van der Waals surface area contributed by atoms with Gasteiger partial charge < -0.3 is 10.0 Å². The summed E-state index contributed by atoms with van der Waals surface area (Å²) >= 11 is 0. The fourth-order valence-corrected chi connectivity index (χ4v) is 4.24. The highest BCUT2D eigenvalue weighted by atomic mass is 32.2. The lowest BCUT2D eigenvalue weighted by atomic mass is 9.89. The number of sulfone groups is 1. The maximum atomic E-state index is 12.8. The van der Waals surface area contributed by atoms with Crippen LogP contribution in [0.1, 0.15) is 22.6 Å². The second kappa shape index (κ2) is 6.92. The Kier molecular flexibility index (Phi) is 4.82. The first-order chi connectivity index (χ1) is 12.3. The highest BCUT2D eigenvalue weighted by molar-refractivity contribution is 7.90. The van der Waals surface area contributed by atoms with E-state index in [2.05, 4.69) is 0 Å². The van der Waals surface area contributed by atoms with Gasteiger partial charge in [-0.2, -0.15) is 0 Å². The van der Waals surface area contributed by atoms with Gasteiger partial charge in [-0.05, 0) is 22.8 Å². The average molecular weight is 373 g/mol. The first kappa shape index (κ1) is 18.1. The number of nitrogens with zero attached hydrogens (tertiary/aromatic N) is 1. The Balaban J connectivity index is 1.87. The van der Waals surface area contributed by atoms with Gasteiger partial charge in [0.2, 0.25) is 5.91 Å². The lowest BCUT2D eigenvalue weighted by molar-refractivity contribution is -0.141. The normalized spacial score (nSPS) is 16.8. The van der Waals surface area contributed by atoms with E-state index >= 15 is 0 Å². The molecule has 0 aromatic heterocycles. The summed E-state index contributed by atoms with van der Waals surface area (Å²) in [4.78, 5) is 26.0. The van der Waals surface area contributed by atoms with Gasteiger partial charge in [0.25, 0.3) is 0 Å². The fourth-order valence-electron chi connectivity index (χ4n) is 3.29. The summed E-state index contributed by atoms with van der Waals surface area (Å²) in [6.45, 7) is 0.395. The van der Waals surface area contributed by atoms with Gasteiger partial charge in [-0.3, -0.25) is 9.59 Å². The molecule has 0 bridgehead atoms. The van der Waals surface area contributed by atoms with Crippen molar-refractivity contribution in [1.29, 1.82) is 0 Å². The number of rotatable bonds is 4. The maximum absolute atomic E-state index is 12.8. The Bertz CT molecular complexity index is 967. The van der Waals surface area contributed by atoms with Crippen molar-refractivity contribution in [2.45, 2.75) is 23.8 Å². The highest BCUT2D eigenvalue weighted by Gasteiger charge is 2.32. The van der Waals surface area contributed by atoms with Crippen LogP contribution in [-0.2, 0) is 32.4 Å². The average Bonchev–Trinajstić information content (AvgIpc) is 2.60. The van der Waals surface area contributed by atoms with Crippen LogP contribution in [0.15, 0.2) is 53.4 Å². The Morgan fingerprint density at radius 1 is 1.12 bits per heavy atom. The van der Waals surface area contributed by atoms with Crippen molar-refractivity contribution in [2.24, 2.45) is 0 Å². The minimum absolute atomic E-state index is 0.0756. The standard InChI is InChI=1S/C19H19NO5S/c1-26(24,25)17-9-5-3-6-13(17)10-18(21)20-11-14-7-2-4-8-15(14)16(12-20)19(22)23/h2-9,16H,10-12H2,1H3,(H,22,23). The Labute approximate surface area is 152 Å². The molecule has 0 saturated heterocycles. The third-order valence-electron chi connectivity index (χ3n) is 4.56. The topological polar surface area (TPSA) is 91.8 Å². The van der Waals surface area contributed by atoms with Crippen LogP contribution in [-0.4, -0.2) is 43.1 Å². The summed E-state index contributed by atoms with van der Waals surface area (Å²) in [5.74, 6) is -2.05.